The molecule has 2 aliphatic rings. The second-order valence-corrected chi connectivity index (χ2v) is 12.2. The first-order valence-corrected chi connectivity index (χ1v) is 14.4. The average Bonchev–Trinajstić information content (AvgIpc) is 3.27. The number of piperidine rings is 1. The molecule has 1 atom stereocenters. The van der Waals surface area contributed by atoms with Crippen LogP contribution in [-0.4, -0.2) is 69.5 Å². The van der Waals surface area contributed by atoms with E-state index in [0.717, 1.165) is 18.1 Å². The van der Waals surface area contributed by atoms with Crippen LogP contribution in [0.2, 0.25) is 0 Å². The van der Waals surface area contributed by atoms with Crippen LogP contribution in [0.3, 0.4) is 0 Å². The van der Waals surface area contributed by atoms with Gasteiger partial charge in [-0.05, 0) is 24.5 Å². The van der Waals surface area contributed by atoms with Crippen molar-refractivity contribution in [2.24, 2.45) is 11.0 Å². The average molecular weight is 507 g/mol. The van der Waals surface area contributed by atoms with E-state index in [0.29, 0.717) is 38.2 Å². The van der Waals surface area contributed by atoms with Crippen LogP contribution >= 0.6 is 0 Å². The van der Waals surface area contributed by atoms with Gasteiger partial charge in [-0.1, -0.05) is 30.3 Å². The Morgan fingerprint density at radius 1 is 1.00 bits per heavy atom. The molecule has 1 aromatic carbocycles. The Hall–Kier alpha value is -3.06. The Bertz CT molecular complexity index is 1260. The van der Waals surface area contributed by atoms with Crippen LogP contribution in [0.5, 0.6) is 0 Å². The minimum Gasteiger partial charge on any atom is -0.356 e. The van der Waals surface area contributed by atoms with Crippen LogP contribution in [0.1, 0.15) is 30.9 Å². The molecule has 34 heavy (non-hydrogen) atoms. The van der Waals surface area contributed by atoms with Crippen LogP contribution < -0.4 is 8.61 Å². The fraction of sp³-hybridized carbons (Fsp3) is 0.429. The highest BCUT2D eigenvalue weighted by molar-refractivity contribution is 8.09. The number of aromatic nitrogens is 2. The van der Waals surface area contributed by atoms with Crippen molar-refractivity contribution in [3.63, 3.8) is 0 Å². The molecule has 1 fully saturated rings. The molecule has 0 saturated carbocycles. The van der Waals surface area contributed by atoms with Gasteiger partial charge in [0.1, 0.15) is 5.82 Å². The molecule has 11 nitrogen and oxygen atoms in total. The zero-order valence-electron chi connectivity index (χ0n) is 18.9. The third kappa shape index (κ3) is 5.04. The monoisotopic (exact) mass is 506 g/mol. The smallest absolute Gasteiger partial charge is 0.255 e. The summed E-state index contributed by atoms with van der Waals surface area (Å²) in [7, 11) is -8.29. The van der Waals surface area contributed by atoms with E-state index in [1.807, 2.05) is 35.2 Å². The Balaban J connectivity index is 1.46. The normalized spacial score (nSPS) is 19.4. The summed E-state index contributed by atoms with van der Waals surface area (Å²) in [5.74, 6) is -0.263. The van der Waals surface area contributed by atoms with E-state index in [9.17, 15) is 21.6 Å². The molecule has 0 aliphatic carbocycles. The quantitative estimate of drug-likeness (QED) is 0.574. The SMILES string of the molecule is CS(=O)(=O)N(c1nccc(N2CCC(C(=O)N3N=CCC3c3ccccc3)CC2)n1)S(C)(=O)=O. The predicted molar refractivity (Wildman–Crippen MR) is 128 cm³/mol. The van der Waals surface area contributed by atoms with Gasteiger partial charge in [-0.15, -0.1) is 3.71 Å². The van der Waals surface area contributed by atoms with Gasteiger partial charge in [0.05, 0.1) is 18.6 Å². The maximum atomic E-state index is 13.2. The van der Waals surface area contributed by atoms with Crippen molar-refractivity contribution >= 4 is 43.9 Å². The summed E-state index contributed by atoms with van der Waals surface area (Å²) in [6.07, 6.45) is 6.45. The lowest BCUT2D eigenvalue weighted by atomic mass is 9.94. The number of anilines is 2. The maximum Gasteiger partial charge on any atom is 0.255 e. The summed E-state index contributed by atoms with van der Waals surface area (Å²) in [5.41, 5.74) is 1.04. The van der Waals surface area contributed by atoms with E-state index in [4.69, 9.17) is 0 Å². The lowest BCUT2D eigenvalue weighted by Gasteiger charge is -2.34. The minimum absolute atomic E-state index is 0.0223. The number of carbonyl (C=O) groups is 1. The van der Waals surface area contributed by atoms with E-state index in [1.54, 1.807) is 17.3 Å². The van der Waals surface area contributed by atoms with Crippen LogP contribution in [0, 0.1) is 5.92 Å². The molecule has 1 saturated heterocycles. The molecule has 1 unspecified atom stereocenters. The fourth-order valence-corrected chi connectivity index (χ4v) is 7.00. The van der Waals surface area contributed by atoms with Crippen molar-refractivity contribution in [1.82, 2.24) is 15.0 Å². The molecular weight excluding hydrogens is 480 g/mol. The molecule has 182 valence electrons. The minimum atomic E-state index is -4.14. The highest BCUT2D eigenvalue weighted by Crippen LogP contribution is 2.32. The molecule has 2 aromatic rings. The van der Waals surface area contributed by atoms with Crippen molar-refractivity contribution in [3.8, 4) is 0 Å². The summed E-state index contributed by atoms with van der Waals surface area (Å²) in [5, 5.41) is 5.91. The van der Waals surface area contributed by atoms with Crippen LogP contribution in [0.25, 0.3) is 0 Å². The first-order chi connectivity index (χ1) is 16.1. The van der Waals surface area contributed by atoms with E-state index in [-0.39, 0.29) is 21.6 Å². The fourth-order valence-electron chi connectivity index (χ4n) is 4.27. The number of carbonyl (C=O) groups excluding carboxylic acids is 1. The van der Waals surface area contributed by atoms with E-state index < -0.39 is 26.0 Å². The number of hydrogen-bond donors (Lipinski definition) is 0. The van der Waals surface area contributed by atoms with Gasteiger partial charge in [-0.2, -0.15) is 10.1 Å². The molecule has 3 heterocycles. The molecule has 0 radical (unpaired) electrons. The summed E-state index contributed by atoms with van der Waals surface area (Å²) in [4.78, 5) is 23.2. The molecule has 0 bridgehead atoms. The van der Waals surface area contributed by atoms with Crippen LogP contribution in [0.4, 0.5) is 11.8 Å². The highest BCUT2D eigenvalue weighted by Gasteiger charge is 2.35. The number of rotatable bonds is 6. The predicted octanol–water partition coefficient (Wildman–Crippen LogP) is 1.38. The van der Waals surface area contributed by atoms with Gasteiger partial charge in [0.15, 0.2) is 0 Å². The lowest BCUT2D eigenvalue weighted by Crippen LogP contribution is -2.42. The van der Waals surface area contributed by atoms with Gasteiger partial charge < -0.3 is 4.90 Å². The summed E-state index contributed by atoms with van der Waals surface area (Å²) >= 11 is 0. The highest BCUT2D eigenvalue weighted by atomic mass is 32.3. The third-order valence-corrected chi connectivity index (χ3v) is 8.96. The van der Waals surface area contributed by atoms with Gasteiger partial charge in [-0.3, -0.25) is 4.79 Å². The molecule has 0 N–H and O–H groups in total. The Morgan fingerprint density at radius 2 is 1.65 bits per heavy atom. The van der Waals surface area contributed by atoms with Gasteiger partial charge in [0.25, 0.3) is 5.95 Å². The van der Waals surface area contributed by atoms with Crippen molar-refractivity contribution < 1.29 is 21.6 Å². The van der Waals surface area contributed by atoms with E-state index >= 15 is 0 Å². The summed E-state index contributed by atoms with van der Waals surface area (Å²) < 4.78 is 48.4. The largest absolute Gasteiger partial charge is 0.356 e. The molecule has 13 heteroatoms. The number of sulfonamides is 2. The summed E-state index contributed by atoms with van der Waals surface area (Å²) in [6, 6.07) is 11.3. The summed E-state index contributed by atoms with van der Waals surface area (Å²) in [6.45, 7) is 0.996. The third-order valence-electron chi connectivity index (χ3n) is 5.80. The standard InChI is InChI=1S/C21H26N6O5S2/c1-33(29,30)27(34(2,31)32)21-22-12-9-19(24-21)25-14-10-17(11-15-25)20(28)26-18(8-13-23-26)16-6-4-3-5-7-16/h3-7,9,12-13,17-18H,8,10-11,14-15H2,1-2H3. The Morgan fingerprint density at radius 3 is 2.26 bits per heavy atom. The molecule has 2 aliphatic heterocycles. The first-order valence-electron chi connectivity index (χ1n) is 10.7. The number of nitrogens with zero attached hydrogens (tertiary/aromatic N) is 6. The van der Waals surface area contributed by atoms with Gasteiger partial charge in [-0.25, -0.2) is 26.8 Å². The maximum absolute atomic E-state index is 13.2. The second kappa shape index (κ2) is 9.29. The van der Waals surface area contributed by atoms with Crippen LogP contribution in [0.15, 0.2) is 47.7 Å². The number of benzene rings is 1. The van der Waals surface area contributed by atoms with Crippen molar-refractivity contribution in [3.05, 3.63) is 48.2 Å². The molecule has 1 amide bonds. The number of amides is 1. The lowest BCUT2D eigenvalue weighted by molar-refractivity contribution is -0.138. The van der Waals surface area contributed by atoms with Crippen molar-refractivity contribution in [2.45, 2.75) is 25.3 Å². The number of hydrazone groups is 1. The zero-order chi connectivity index (χ0) is 24.5. The molecule has 4 rings (SSSR count). The van der Waals surface area contributed by atoms with Gasteiger partial charge in [0, 0.05) is 37.8 Å². The zero-order valence-corrected chi connectivity index (χ0v) is 20.5. The van der Waals surface area contributed by atoms with Gasteiger partial charge >= 0.3 is 0 Å². The van der Waals surface area contributed by atoms with Gasteiger partial charge in [0.2, 0.25) is 26.0 Å². The topological polar surface area (TPSA) is 133 Å². The molecule has 0 spiro atoms. The van der Waals surface area contributed by atoms with Crippen LogP contribution in [-0.2, 0) is 24.8 Å². The Kier molecular flexibility index (Phi) is 6.58. The first kappa shape index (κ1) is 24.1. The van der Waals surface area contributed by atoms with E-state index in [1.165, 1.54) is 6.20 Å². The van der Waals surface area contributed by atoms with Crippen molar-refractivity contribution in [1.29, 1.82) is 0 Å². The molecule has 1 aromatic heterocycles. The van der Waals surface area contributed by atoms with Crippen molar-refractivity contribution in [2.75, 3.05) is 34.2 Å². The Labute approximate surface area is 199 Å². The molecular formula is C21H26N6O5S2. The number of hydrogen-bond acceptors (Lipinski definition) is 9. The second-order valence-electron chi connectivity index (χ2n) is 8.34. The van der Waals surface area contributed by atoms with E-state index in [2.05, 4.69) is 15.1 Å².